The zero-order chi connectivity index (χ0) is 12.4. The molecule has 1 aliphatic rings. The van der Waals surface area contributed by atoms with Crippen LogP contribution in [-0.4, -0.2) is 36.1 Å². The van der Waals surface area contributed by atoms with E-state index in [9.17, 15) is 0 Å². The second-order valence-electron chi connectivity index (χ2n) is 4.53. The minimum absolute atomic E-state index is 0.927. The summed E-state index contributed by atoms with van der Waals surface area (Å²) in [7, 11) is 0. The predicted octanol–water partition coefficient (Wildman–Crippen LogP) is 2.12. The van der Waals surface area contributed by atoms with E-state index < -0.39 is 0 Å². The van der Waals surface area contributed by atoms with Crippen molar-refractivity contribution in [1.29, 1.82) is 0 Å². The lowest BCUT2D eigenvalue weighted by Gasteiger charge is -2.26. The third-order valence-electron chi connectivity index (χ3n) is 3.15. The molecule has 18 heavy (non-hydrogen) atoms. The molecule has 3 rings (SSSR count). The van der Waals surface area contributed by atoms with Gasteiger partial charge in [0.2, 0.25) is 0 Å². The molecule has 0 radical (unpaired) electrons. The monoisotopic (exact) mass is 263 g/mol. The number of nitrogens with zero attached hydrogens (tertiary/aromatic N) is 2. The first-order chi connectivity index (χ1) is 8.83. The number of furan rings is 1. The molecule has 0 bridgehead atoms. The molecule has 0 atom stereocenters. The highest BCUT2D eigenvalue weighted by molar-refractivity contribution is 7.15. The molecular formula is C13H17N3OS. The van der Waals surface area contributed by atoms with Crippen LogP contribution >= 0.6 is 11.3 Å². The Hall–Kier alpha value is -1.17. The fraction of sp³-hybridized carbons (Fsp3) is 0.462. The smallest absolute Gasteiger partial charge is 0.145 e. The van der Waals surface area contributed by atoms with E-state index in [0.29, 0.717) is 0 Å². The molecule has 1 N–H and O–H groups in total. The Labute approximate surface area is 111 Å². The zero-order valence-corrected chi connectivity index (χ0v) is 11.3. The lowest BCUT2D eigenvalue weighted by molar-refractivity contribution is 0.233. The van der Waals surface area contributed by atoms with Gasteiger partial charge in [0.05, 0.1) is 23.4 Å². The van der Waals surface area contributed by atoms with Crippen LogP contribution in [0.1, 0.15) is 10.7 Å². The maximum absolute atomic E-state index is 5.45. The van der Waals surface area contributed by atoms with Gasteiger partial charge in [-0.05, 0) is 19.1 Å². The summed E-state index contributed by atoms with van der Waals surface area (Å²) in [4.78, 5) is 8.26. The summed E-state index contributed by atoms with van der Waals surface area (Å²) in [6.45, 7) is 7.37. The summed E-state index contributed by atoms with van der Waals surface area (Å²) in [6, 6.07) is 3.92. The van der Waals surface area contributed by atoms with Crippen molar-refractivity contribution in [3.8, 4) is 10.6 Å². The quantitative estimate of drug-likeness (QED) is 0.921. The van der Waals surface area contributed by atoms with Crippen molar-refractivity contribution in [2.75, 3.05) is 26.2 Å². The highest BCUT2D eigenvalue weighted by atomic mass is 32.1. The third-order valence-corrected chi connectivity index (χ3v) is 4.31. The van der Waals surface area contributed by atoms with Gasteiger partial charge in [0, 0.05) is 26.2 Å². The van der Waals surface area contributed by atoms with Crippen LogP contribution in [0.25, 0.3) is 10.6 Å². The second kappa shape index (κ2) is 5.22. The highest BCUT2D eigenvalue weighted by Crippen LogP contribution is 2.30. The van der Waals surface area contributed by atoms with Crippen LogP contribution in [0.3, 0.4) is 0 Å². The standard InChI is InChI=1S/C13H17N3OS/c1-10-13(11-3-2-8-17-11)18-12(15-10)9-16-6-4-14-5-7-16/h2-3,8,14H,4-7,9H2,1H3. The second-order valence-corrected chi connectivity index (χ2v) is 5.61. The first kappa shape index (κ1) is 11.9. The summed E-state index contributed by atoms with van der Waals surface area (Å²) < 4.78 is 5.45. The molecule has 0 saturated carbocycles. The van der Waals surface area contributed by atoms with Crippen LogP contribution in [0, 0.1) is 6.92 Å². The Morgan fingerprint density at radius 2 is 2.28 bits per heavy atom. The summed E-state index contributed by atoms with van der Waals surface area (Å²) >= 11 is 1.74. The largest absolute Gasteiger partial charge is 0.463 e. The molecule has 3 heterocycles. The first-order valence-electron chi connectivity index (χ1n) is 6.26. The molecular weight excluding hydrogens is 246 g/mol. The number of aromatic nitrogens is 1. The topological polar surface area (TPSA) is 41.3 Å². The van der Waals surface area contributed by atoms with Crippen molar-refractivity contribution in [2.24, 2.45) is 0 Å². The molecule has 2 aromatic heterocycles. The van der Waals surface area contributed by atoms with Gasteiger partial charge in [0.25, 0.3) is 0 Å². The van der Waals surface area contributed by atoms with Crippen LogP contribution in [0.2, 0.25) is 0 Å². The SMILES string of the molecule is Cc1nc(CN2CCNCC2)sc1-c1ccco1. The number of thiazole rings is 1. The number of nitrogens with one attached hydrogen (secondary N) is 1. The van der Waals surface area contributed by atoms with Gasteiger partial charge in [-0.2, -0.15) is 0 Å². The molecule has 1 saturated heterocycles. The molecule has 0 unspecified atom stereocenters. The number of rotatable bonds is 3. The molecule has 0 aromatic carbocycles. The van der Waals surface area contributed by atoms with E-state index in [1.54, 1.807) is 17.6 Å². The van der Waals surface area contributed by atoms with E-state index in [0.717, 1.165) is 49.1 Å². The molecule has 0 amide bonds. The maximum atomic E-state index is 5.45. The Morgan fingerprint density at radius 3 is 3.00 bits per heavy atom. The van der Waals surface area contributed by atoms with Crippen LogP contribution in [0.15, 0.2) is 22.8 Å². The van der Waals surface area contributed by atoms with E-state index in [-0.39, 0.29) is 0 Å². The van der Waals surface area contributed by atoms with E-state index in [1.807, 2.05) is 12.1 Å². The van der Waals surface area contributed by atoms with Gasteiger partial charge < -0.3 is 9.73 Å². The zero-order valence-electron chi connectivity index (χ0n) is 10.5. The predicted molar refractivity (Wildman–Crippen MR) is 72.7 cm³/mol. The molecule has 0 aliphatic carbocycles. The lowest BCUT2D eigenvalue weighted by atomic mass is 10.3. The van der Waals surface area contributed by atoms with Crippen LogP contribution in [-0.2, 0) is 6.54 Å². The van der Waals surface area contributed by atoms with Gasteiger partial charge in [-0.15, -0.1) is 11.3 Å². The van der Waals surface area contributed by atoms with Gasteiger partial charge in [-0.25, -0.2) is 4.98 Å². The Kier molecular flexibility index (Phi) is 3.45. The Balaban J connectivity index is 1.75. The highest BCUT2D eigenvalue weighted by Gasteiger charge is 2.15. The van der Waals surface area contributed by atoms with Crippen molar-refractivity contribution >= 4 is 11.3 Å². The number of hydrogen-bond acceptors (Lipinski definition) is 5. The Bertz CT molecular complexity index is 500. The minimum atomic E-state index is 0.927. The van der Waals surface area contributed by atoms with E-state index in [2.05, 4.69) is 22.1 Å². The average molecular weight is 263 g/mol. The van der Waals surface area contributed by atoms with Crippen molar-refractivity contribution < 1.29 is 4.42 Å². The van der Waals surface area contributed by atoms with Crippen LogP contribution in [0.5, 0.6) is 0 Å². The summed E-state index contributed by atoms with van der Waals surface area (Å²) in [6.07, 6.45) is 1.71. The summed E-state index contributed by atoms with van der Waals surface area (Å²) in [5, 5.41) is 4.55. The fourth-order valence-corrected chi connectivity index (χ4v) is 3.29. The average Bonchev–Trinajstić information content (AvgIpc) is 3.00. The molecule has 4 nitrogen and oxygen atoms in total. The van der Waals surface area contributed by atoms with Crippen LogP contribution < -0.4 is 5.32 Å². The van der Waals surface area contributed by atoms with Crippen LogP contribution in [0.4, 0.5) is 0 Å². The third kappa shape index (κ3) is 2.48. The molecule has 96 valence electrons. The fourth-order valence-electron chi connectivity index (χ4n) is 2.22. The normalized spacial score (nSPS) is 17.2. The van der Waals surface area contributed by atoms with Gasteiger partial charge in [0.1, 0.15) is 10.8 Å². The lowest BCUT2D eigenvalue weighted by Crippen LogP contribution is -2.42. The van der Waals surface area contributed by atoms with Gasteiger partial charge >= 0.3 is 0 Å². The van der Waals surface area contributed by atoms with E-state index >= 15 is 0 Å². The minimum Gasteiger partial charge on any atom is -0.463 e. The van der Waals surface area contributed by atoms with Gasteiger partial charge in [0.15, 0.2) is 0 Å². The van der Waals surface area contributed by atoms with Crippen molar-refractivity contribution in [1.82, 2.24) is 15.2 Å². The van der Waals surface area contributed by atoms with E-state index in [4.69, 9.17) is 4.42 Å². The van der Waals surface area contributed by atoms with Crippen molar-refractivity contribution in [2.45, 2.75) is 13.5 Å². The summed E-state index contributed by atoms with van der Waals surface area (Å²) in [5.74, 6) is 0.927. The van der Waals surface area contributed by atoms with Crippen molar-refractivity contribution in [3.63, 3.8) is 0 Å². The molecule has 0 spiro atoms. The molecule has 1 aliphatic heterocycles. The van der Waals surface area contributed by atoms with Crippen molar-refractivity contribution in [3.05, 3.63) is 29.1 Å². The number of piperazine rings is 1. The Morgan fingerprint density at radius 1 is 1.44 bits per heavy atom. The van der Waals surface area contributed by atoms with E-state index in [1.165, 1.54) is 5.01 Å². The van der Waals surface area contributed by atoms with Gasteiger partial charge in [-0.3, -0.25) is 4.90 Å². The molecule has 2 aromatic rings. The summed E-state index contributed by atoms with van der Waals surface area (Å²) in [5.41, 5.74) is 1.07. The maximum Gasteiger partial charge on any atom is 0.145 e. The number of aryl methyl sites for hydroxylation is 1. The first-order valence-corrected chi connectivity index (χ1v) is 7.08. The number of hydrogen-bond donors (Lipinski definition) is 1. The molecule has 1 fully saturated rings. The molecule has 5 heteroatoms. The van der Waals surface area contributed by atoms with Gasteiger partial charge in [-0.1, -0.05) is 0 Å².